The summed E-state index contributed by atoms with van der Waals surface area (Å²) in [5.74, 6) is -0.188. The second-order valence-corrected chi connectivity index (χ2v) is 3.90. The first-order chi connectivity index (χ1) is 8.20. The summed E-state index contributed by atoms with van der Waals surface area (Å²) in [4.78, 5) is 11.7. The number of benzene rings is 1. The van der Waals surface area contributed by atoms with E-state index in [0.29, 0.717) is 6.54 Å². The van der Waals surface area contributed by atoms with Crippen molar-refractivity contribution in [3.8, 4) is 0 Å². The molecule has 0 spiro atoms. The molecule has 17 heavy (non-hydrogen) atoms. The number of rotatable bonds is 6. The van der Waals surface area contributed by atoms with Gasteiger partial charge in [0.1, 0.15) is 6.04 Å². The molecule has 0 aliphatic heterocycles. The van der Waals surface area contributed by atoms with Gasteiger partial charge in [0.25, 0.3) is 0 Å². The first-order valence-electron chi connectivity index (χ1n) is 5.67. The SMILES string of the molecule is C=CCNC(C(=O)OC)C(C)c1ccccc1. The highest BCUT2D eigenvalue weighted by atomic mass is 16.5. The third-order valence-electron chi connectivity index (χ3n) is 2.76. The summed E-state index contributed by atoms with van der Waals surface area (Å²) in [7, 11) is 1.41. The predicted octanol–water partition coefficient (Wildman–Crippen LogP) is 2.11. The summed E-state index contributed by atoms with van der Waals surface area (Å²) in [5, 5.41) is 3.13. The van der Waals surface area contributed by atoms with Crippen LogP contribution in [-0.2, 0) is 9.53 Å². The maximum atomic E-state index is 11.7. The Bertz CT molecular complexity index is 362. The lowest BCUT2D eigenvalue weighted by molar-refractivity contribution is -0.143. The van der Waals surface area contributed by atoms with Crippen LogP contribution in [0.15, 0.2) is 43.0 Å². The van der Waals surface area contributed by atoms with Crippen LogP contribution < -0.4 is 5.32 Å². The van der Waals surface area contributed by atoms with Gasteiger partial charge in [-0.1, -0.05) is 43.3 Å². The highest BCUT2D eigenvalue weighted by Crippen LogP contribution is 2.19. The summed E-state index contributed by atoms with van der Waals surface area (Å²) < 4.78 is 4.82. The van der Waals surface area contributed by atoms with Crippen molar-refractivity contribution < 1.29 is 9.53 Å². The molecule has 1 N–H and O–H groups in total. The van der Waals surface area contributed by atoms with Crippen LogP contribution in [0.1, 0.15) is 18.4 Å². The average Bonchev–Trinajstić information content (AvgIpc) is 2.39. The second-order valence-electron chi connectivity index (χ2n) is 3.90. The molecule has 0 saturated carbocycles. The van der Waals surface area contributed by atoms with Gasteiger partial charge in [-0.25, -0.2) is 0 Å². The maximum absolute atomic E-state index is 11.7. The first kappa shape index (κ1) is 13.5. The van der Waals surface area contributed by atoms with Crippen LogP contribution in [0.3, 0.4) is 0 Å². The van der Waals surface area contributed by atoms with E-state index in [9.17, 15) is 4.79 Å². The molecule has 0 amide bonds. The average molecular weight is 233 g/mol. The number of hydrogen-bond acceptors (Lipinski definition) is 3. The van der Waals surface area contributed by atoms with Crippen molar-refractivity contribution in [2.24, 2.45) is 0 Å². The molecule has 2 unspecified atom stereocenters. The quantitative estimate of drug-likeness (QED) is 0.604. The van der Waals surface area contributed by atoms with E-state index >= 15 is 0 Å². The molecule has 0 aliphatic rings. The van der Waals surface area contributed by atoms with Crippen LogP contribution in [0, 0.1) is 0 Å². The minimum absolute atomic E-state index is 0.0589. The number of methoxy groups -OCH3 is 1. The fourth-order valence-corrected chi connectivity index (χ4v) is 1.75. The van der Waals surface area contributed by atoms with Crippen LogP contribution in [0.25, 0.3) is 0 Å². The lowest BCUT2D eigenvalue weighted by Crippen LogP contribution is -2.41. The Morgan fingerprint density at radius 2 is 2.12 bits per heavy atom. The summed E-state index contributed by atoms with van der Waals surface area (Å²) in [6, 6.07) is 9.56. The molecule has 0 bridgehead atoms. The van der Waals surface area contributed by atoms with Gasteiger partial charge in [-0.3, -0.25) is 4.79 Å². The van der Waals surface area contributed by atoms with Crippen molar-refractivity contribution in [2.45, 2.75) is 18.9 Å². The minimum atomic E-state index is -0.347. The van der Waals surface area contributed by atoms with Crippen LogP contribution in [-0.4, -0.2) is 25.7 Å². The van der Waals surface area contributed by atoms with Gasteiger partial charge >= 0.3 is 5.97 Å². The number of nitrogens with one attached hydrogen (secondary N) is 1. The molecule has 1 aromatic rings. The standard InChI is InChI=1S/C14H19NO2/c1-4-10-15-13(14(16)17-3)11(2)12-8-6-5-7-9-12/h4-9,11,13,15H,1,10H2,2-3H3. The number of ether oxygens (including phenoxy) is 1. The van der Waals surface area contributed by atoms with E-state index in [1.165, 1.54) is 7.11 Å². The molecule has 0 aliphatic carbocycles. The van der Waals surface area contributed by atoms with Crippen LogP contribution in [0.2, 0.25) is 0 Å². The highest BCUT2D eigenvalue weighted by molar-refractivity contribution is 5.77. The number of carbonyl (C=O) groups excluding carboxylic acids is 1. The summed E-state index contributed by atoms with van der Waals surface area (Å²) >= 11 is 0. The van der Waals surface area contributed by atoms with E-state index in [1.54, 1.807) is 6.08 Å². The van der Waals surface area contributed by atoms with Gasteiger partial charge in [-0.15, -0.1) is 6.58 Å². The van der Waals surface area contributed by atoms with Crippen molar-refractivity contribution in [3.05, 3.63) is 48.6 Å². The van der Waals surface area contributed by atoms with E-state index in [4.69, 9.17) is 4.74 Å². The van der Waals surface area contributed by atoms with Crippen molar-refractivity contribution in [1.82, 2.24) is 5.32 Å². The lowest BCUT2D eigenvalue weighted by atomic mass is 9.93. The molecule has 3 heteroatoms. The Morgan fingerprint density at radius 1 is 1.47 bits per heavy atom. The lowest BCUT2D eigenvalue weighted by Gasteiger charge is -2.22. The van der Waals surface area contributed by atoms with Crippen LogP contribution in [0.4, 0.5) is 0 Å². The van der Waals surface area contributed by atoms with E-state index in [2.05, 4.69) is 11.9 Å². The molecular formula is C14H19NO2. The van der Waals surface area contributed by atoms with Gasteiger partial charge in [0.2, 0.25) is 0 Å². The molecule has 0 fully saturated rings. The third-order valence-corrected chi connectivity index (χ3v) is 2.76. The zero-order valence-electron chi connectivity index (χ0n) is 10.3. The summed E-state index contributed by atoms with van der Waals surface area (Å²) in [5.41, 5.74) is 1.11. The Balaban J connectivity index is 2.82. The smallest absolute Gasteiger partial charge is 0.323 e. The number of hydrogen-bond donors (Lipinski definition) is 1. The Labute approximate surface area is 102 Å². The van der Waals surface area contributed by atoms with E-state index in [0.717, 1.165) is 5.56 Å². The largest absolute Gasteiger partial charge is 0.468 e. The van der Waals surface area contributed by atoms with E-state index in [-0.39, 0.29) is 17.9 Å². The van der Waals surface area contributed by atoms with Gasteiger partial charge in [0, 0.05) is 12.5 Å². The predicted molar refractivity (Wildman–Crippen MR) is 68.9 cm³/mol. The fraction of sp³-hybridized carbons (Fsp3) is 0.357. The zero-order chi connectivity index (χ0) is 12.7. The number of carbonyl (C=O) groups is 1. The van der Waals surface area contributed by atoms with Gasteiger partial charge < -0.3 is 10.1 Å². The molecule has 1 rings (SSSR count). The van der Waals surface area contributed by atoms with E-state index in [1.807, 2.05) is 37.3 Å². The molecule has 1 aromatic carbocycles. The highest BCUT2D eigenvalue weighted by Gasteiger charge is 2.25. The van der Waals surface area contributed by atoms with Gasteiger partial charge in [0.15, 0.2) is 0 Å². The molecule has 2 atom stereocenters. The summed E-state index contributed by atoms with van der Waals surface area (Å²) in [6.07, 6.45) is 1.73. The molecule has 0 heterocycles. The fourth-order valence-electron chi connectivity index (χ4n) is 1.75. The normalized spacial score (nSPS) is 13.8. The third kappa shape index (κ3) is 3.71. The molecule has 3 nitrogen and oxygen atoms in total. The Morgan fingerprint density at radius 3 is 2.65 bits per heavy atom. The zero-order valence-corrected chi connectivity index (χ0v) is 10.3. The Hall–Kier alpha value is -1.61. The molecule has 0 saturated heterocycles. The van der Waals surface area contributed by atoms with Gasteiger partial charge in [-0.05, 0) is 5.56 Å². The number of esters is 1. The summed E-state index contributed by atoms with van der Waals surface area (Å²) in [6.45, 7) is 6.22. The van der Waals surface area contributed by atoms with Crippen molar-refractivity contribution in [3.63, 3.8) is 0 Å². The maximum Gasteiger partial charge on any atom is 0.323 e. The monoisotopic (exact) mass is 233 g/mol. The van der Waals surface area contributed by atoms with Crippen molar-refractivity contribution in [2.75, 3.05) is 13.7 Å². The van der Waals surface area contributed by atoms with E-state index < -0.39 is 0 Å². The Kier molecular flexibility index (Phi) is 5.43. The topological polar surface area (TPSA) is 38.3 Å². The molecule has 0 radical (unpaired) electrons. The van der Waals surface area contributed by atoms with Crippen molar-refractivity contribution in [1.29, 1.82) is 0 Å². The second kappa shape index (κ2) is 6.86. The van der Waals surface area contributed by atoms with Crippen molar-refractivity contribution >= 4 is 5.97 Å². The van der Waals surface area contributed by atoms with Crippen LogP contribution >= 0.6 is 0 Å². The molecule has 92 valence electrons. The van der Waals surface area contributed by atoms with Gasteiger partial charge in [0.05, 0.1) is 7.11 Å². The first-order valence-corrected chi connectivity index (χ1v) is 5.67. The van der Waals surface area contributed by atoms with Crippen LogP contribution in [0.5, 0.6) is 0 Å². The molecule has 0 aromatic heterocycles. The van der Waals surface area contributed by atoms with Gasteiger partial charge in [-0.2, -0.15) is 0 Å². The minimum Gasteiger partial charge on any atom is -0.468 e. The molecular weight excluding hydrogens is 214 g/mol.